The van der Waals surface area contributed by atoms with Gasteiger partial charge >= 0.3 is 6.03 Å². The molecular formula is C20H24N8OS. The minimum absolute atomic E-state index is 0.0439. The molecule has 3 aromatic rings. The van der Waals surface area contributed by atoms with Crippen LogP contribution in [0.15, 0.2) is 18.6 Å². The molecule has 156 valence electrons. The Labute approximate surface area is 178 Å². The lowest BCUT2D eigenvalue weighted by Crippen LogP contribution is -2.36. The number of carbonyl (C=O) groups excluding carboxylic acids is 1. The number of fused-ring (bicyclic) bond motifs is 2. The van der Waals surface area contributed by atoms with Crippen molar-refractivity contribution < 1.29 is 4.79 Å². The van der Waals surface area contributed by atoms with Gasteiger partial charge in [0.25, 0.3) is 0 Å². The van der Waals surface area contributed by atoms with Crippen LogP contribution in [0.2, 0.25) is 0 Å². The minimum Gasteiger partial charge on any atom is -0.356 e. The predicted molar refractivity (Wildman–Crippen MR) is 115 cm³/mol. The number of likely N-dealkylation sites (tertiary alicyclic amines) is 1. The molecule has 1 unspecified atom stereocenters. The van der Waals surface area contributed by atoms with E-state index >= 15 is 0 Å². The van der Waals surface area contributed by atoms with Gasteiger partial charge in [-0.2, -0.15) is 4.37 Å². The van der Waals surface area contributed by atoms with E-state index in [0.717, 1.165) is 48.6 Å². The van der Waals surface area contributed by atoms with Gasteiger partial charge in [0.1, 0.15) is 23.6 Å². The highest BCUT2D eigenvalue weighted by Crippen LogP contribution is 2.42. The Morgan fingerprint density at radius 2 is 2.07 bits per heavy atom. The Balaban J connectivity index is 1.08. The molecule has 9 nitrogen and oxygen atoms in total. The fraction of sp³-hybridized carbons (Fsp3) is 0.550. The first-order valence-corrected chi connectivity index (χ1v) is 11.3. The lowest BCUT2D eigenvalue weighted by molar-refractivity contribution is 0.218. The van der Waals surface area contributed by atoms with E-state index in [1.54, 1.807) is 6.33 Å². The second kappa shape index (κ2) is 6.90. The van der Waals surface area contributed by atoms with E-state index in [4.69, 9.17) is 0 Å². The summed E-state index contributed by atoms with van der Waals surface area (Å²) in [4.78, 5) is 33.4. The number of aromatic amines is 1. The molecule has 30 heavy (non-hydrogen) atoms. The van der Waals surface area contributed by atoms with E-state index in [1.165, 1.54) is 24.4 Å². The molecule has 2 N–H and O–H groups in total. The number of hydrogen-bond acceptors (Lipinski definition) is 7. The van der Waals surface area contributed by atoms with Crippen LogP contribution < -0.4 is 10.2 Å². The van der Waals surface area contributed by atoms with Crippen molar-refractivity contribution in [1.82, 2.24) is 29.2 Å². The summed E-state index contributed by atoms with van der Waals surface area (Å²) in [7, 11) is 2.12. The standard InChI is InChI=1S/C20H24N8OS/c1-27(18-15-4-5-21-17(15)22-10-23-18)14-6-12-8-28(9-13(12)7-14)20(29)25-19-24-16(26-30-19)11-2-3-11/h4-5,10-14H,2-3,6-9H2,1H3,(H,21,22,23)(H,24,25,26,29)/t12-,13?,14+/m1/s1. The van der Waals surface area contributed by atoms with Crippen molar-refractivity contribution in [2.24, 2.45) is 11.8 Å². The highest BCUT2D eigenvalue weighted by molar-refractivity contribution is 7.09. The smallest absolute Gasteiger partial charge is 0.323 e. The summed E-state index contributed by atoms with van der Waals surface area (Å²) in [6.07, 6.45) is 8.01. The molecule has 2 amide bonds. The van der Waals surface area contributed by atoms with Gasteiger partial charge in [-0.1, -0.05) is 0 Å². The van der Waals surface area contributed by atoms with Gasteiger partial charge in [-0.05, 0) is 43.6 Å². The first-order chi connectivity index (χ1) is 14.7. The van der Waals surface area contributed by atoms with Crippen LogP contribution in [0.25, 0.3) is 11.0 Å². The third kappa shape index (κ3) is 3.10. The van der Waals surface area contributed by atoms with Gasteiger partial charge in [0.2, 0.25) is 5.13 Å². The van der Waals surface area contributed by atoms with Crippen LogP contribution in [-0.4, -0.2) is 61.4 Å². The predicted octanol–water partition coefficient (Wildman–Crippen LogP) is 3.07. The van der Waals surface area contributed by atoms with Crippen LogP contribution in [0.3, 0.4) is 0 Å². The highest BCUT2D eigenvalue weighted by atomic mass is 32.1. The van der Waals surface area contributed by atoms with E-state index in [9.17, 15) is 4.79 Å². The molecule has 2 aliphatic carbocycles. The third-order valence-corrected chi connectivity index (χ3v) is 7.47. The number of H-pyrrole nitrogens is 1. The largest absolute Gasteiger partial charge is 0.356 e. The van der Waals surface area contributed by atoms with Gasteiger partial charge in [0.05, 0.1) is 5.39 Å². The fourth-order valence-electron chi connectivity index (χ4n) is 5.03. The number of nitrogens with one attached hydrogen (secondary N) is 2. The van der Waals surface area contributed by atoms with E-state index in [0.29, 0.717) is 28.9 Å². The Bertz CT molecular complexity index is 1080. The van der Waals surface area contributed by atoms with E-state index in [-0.39, 0.29) is 6.03 Å². The summed E-state index contributed by atoms with van der Waals surface area (Å²) in [6, 6.07) is 2.42. The van der Waals surface area contributed by atoms with Crippen LogP contribution in [0, 0.1) is 11.8 Å². The van der Waals surface area contributed by atoms with Crippen LogP contribution in [0.5, 0.6) is 0 Å². The molecule has 0 aromatic carbocycles. The third-order valence-electron chi connectivity index (χ3n) is 6.83. The topological polar surface area (TPSA) is 103 Å². The number of urea groups is 1. The van der Waals surface area contributed by atoms with Crippen LogP contribution in [0.4, 0.5) is 15.7 Å². The molecule has 3 aliphatic rings. The molecular weight excluding hydrogens is 400 g/mol. The van der Waals surface area contributed by atoms with Crippen LogP contribution >= 0.6 is 11.5 Å². The SMILES string of the molecule is CN(c1ncnc2[nH]ccc12)[C@@H]1CC2CN(C(=O)Nc3nc(C4CC4)ns3)C[C@H]2C1. The zero-order valence-corrected chi connectivity index (χ0v) is 17.6. The van der Waals surface area contributed by atoms with Crippen molar-refractivity contribution in [3.8, 4) is 0 Å². The van der Waals surface area contributed by atoms with Crippen molar-refractivity contribution in [3.05, 3.63) is 24.4 Å². The average Bonchev–Trinajstić information content (AvgIpc) is 3.12. The highest BCUT2D eigenvalue weighted by Gasteiger charge is 2.44. The lowest BCUT2D eigenvalue weighted by atomic mass is 10.0. The van der Waals surface area contributed by atoms with Gasteiger partial charge in [-0.15, -0.1) is 0 Å². The molecule has 10 heteroatoms. The number of nitrogens with zero attached hydrogens (tertiary/aromatic N) is 6. The molecule has 3 fully saturated rings. The summed E-state index contributed by atoms with van der Waals surface area (Å²) >= 11 is 1.29. The van der Waals surface area contributed by atoms with E-state index < -0.39 is 0 Å². The van der Waals surface area contributed by atoms with Gasteiger partial charge in [-0.3, -0.25) is 5.32 Å². The molecule has 2 saturated carbocycles. The van der Waals surface area contributed by atoms with Crippen molar-refractivity contribution in [3.63, 3.8) is 0 Å². The number of rotatable bonds is 4. The lowest BCUT2D eigenvalue weighted by Gasteiger charge is -2.27. The van der Waals surface area contributed by atoms with Gasteiger partial charge in [0.15, 0.2) is 0 Å². The zero-order valence-electron chi connectivity index (χ0n) is 16.8. The van der Waals surface area contributed by atoms with E-state index in [2.05, 4.69) is 41.6 Å². The van der Waals surface area contributed by atoms with Gasteiger partial charge in [-0.25, -0.2) is 19.7 Å². The molecule has 0 radical (unpaired) electrons. The fourth-order valence-corrected chi connectivity index (χ4v) is 5.66. The summed E-state index contributed by atoms with van der Waals surface area (Å²) < 4.78 is 4.37. The molecule has 4 heterocycles. The molecule has 1 saturated heterocycles. The maximum Gasteiger partial charge on any atom is 0.323 e. The van der Waals surface area contributed by atoms with Crippen molar-refractivity contribution >= 4 is 39.5 Å². The van der Waals surface area contributed by atoms with Gasteiger partial charge < -0.3 is 14.8 Å². The quantitative estimate of drug-likeness (QED) is 0.667. The number of carbonyl (C=O) groups is 1. The summed E-state index contributed by atoms with van der Waals surface area (Å²) in [6.45, 7) is 1.61. The first-order valence-electron chi connectivity index (χ1n) is 10.6. The summed E-state index contributed by atoms with van der Waals surface area (Å²) in [5.74, 6) is 3.44. The Morgan fingerprint density at radius 3 is 2.83 bits per heavy atom. The number of anilines is 2. The maximum atomic E-state index is 12.7. The van der Waals surface area contributed by atoms with Crippen molar-refractivity contribution in [2.45, 2.75) is 37.6 Å². The van der Waals surface area contributed by atoms with E-state index in [1.807, 2.05) is 17.2 Å². The van der Waals surface area contributed by atoms with Crippen LogP contribution in [-0.2, 0) is 0 Å². The number of aromatic nitrogens is 5. The maximum absolute atomic E-state index is 12.7. The molecule has 3 aromatic heterocycles. The molecule has 6 rings (SSSR count). The van der Waals surface area contributed by atoms with Crippen molar-refractivity contribution in [1.29, 1.82) is 0 Å². The average molecular weight is 425 g/mol. The normalized spacial score (nSPS) is 25.6. The Kier molecular flexibility index (Phi) is 4.15. The molecule has 0 bridgehead atoms. The summed E-state index contributed by atoms with van der Waals surface area (Å²) in [5.41, 5.74) is 0.870. The molecule has 3 atom stereocenters. The van der Waals surface area contributed by atoms with Gasteiger partial charge in [0, 0.05) is 49.8 Å². The van der Waals surface area contributed by atoms with Crippen LogP contribution in [0.1, 0.15) is 37.4 Å². The summed E-state index contributed by atoms with van der Waals surface area (Å²) in [5, 5.41) is 4.63. The van der Waals surface area contributed by atoms with Crippen molar-refractivity contribution in [2.75, 3.05) is 30.4 Å². The number of hydrogen-bond donors (Lipinski definition) is 2. The Hall–Kier alpha value is -2.75. The minimum atomic E-state index is -0.0439. The zero-order chi connectivity index (χ0) is 20.2. The molecule has 0 spiro atoms. The number of amides is 2. The second-order valence-corrected chi connectivity index (χ2v) is 9.51. The second-order valence-electron chi connectivity index (χ2n) is 8.76. The monoisotopic (exact) mass is 424 g/mol. The molecule has 1 aliphatic heterocycles. The first kappa shape index (κ1) is 18.1. The Morgan fingerprint density at radius 1 is 1.27 bits per heavy atom.